The van der Waals surface area contributed by atoms with Crippen molar-refractivity contribution in [1.82, 2.24) is 4.90 Å². The van der Waals surface area contributed by atoms with E-state index in [9.17, 15) is 0 Å². The summed E-state index contributed by atoms with van der Waals surface area (Å²) >= 11 is 0. The minimum absolute atomic E-state index is 0.874. The number of nitrogens with two attached hydrogens (primary N) is 1. The van der Waals surface area contributed by atoms with Crippen LogP contribution < -0.4 is 5.73 Å². The molecular formula is C12H18N2. The third-order valence-corrected chi connectivity index (χ3v) is 1.54. The molecule has 0 saturated carbocycles. The normalized spacial score (nSPS) is 12.3. The molecular weight excluding hydrogens is 172 g/mol. The Bertz CT molecular complexity index is 281. The maximum Gasteiger partial charge on any atom is 0.00556 e. The van der Waals surface area contributed by atoms with Gasteiger partial charge in [0.05, 0.1) is 0 Å². The van der Waals surface area contributed by atoms with Gasteiger partial charge in [0.1, 0.15) is 0 Å². The van der Waals surface area contributed by atoms with Crippen molar-refractivity contribution in [2.24, 2.45) is 5.73 Å². The molecule has 0 unspecified atom stereocenters. The fourth-order valence-electron chi connectivity index (χ4n) is 0.777. The van der Waals surface area contributed by atoms with Crippen LogP contribution in [0.25, 0.3) is 0 Å². The molecule has 0 aliphatic rings. The molecule has 0 aromatic carbocycles. The fraction of sp³-hybridized carbons (Fsp3) is 0.167. The molecule has 0 bridgehead atoms. The highest BCUT2D eigenvalue weighted by Crippen LogP contribution is 2.09. The van der Waals surface area contributed by atoms with Crippen LogP contribution in [0.4, 0.5) is 0 Å². The Morgan fingerprint density at radius 3 is 2.36 bits per heavy atom. The summed E-state index contributed by atoms with van der Waals surface area (Å²) in [5.74, 6) is 0. The molecule has 2 nitrogen and oxygen atoms in total. The minimum Gasteiger partial charge on any atom is -0.404 e. The van der Waals surface area contributed by atoms with Gasteiger partial charge in [-0.3, -0.25) is 0 Å². The summed E-state index contributed by atoms with van der Waals surface area (Å²) in [5, 5.41) is 0. The van der Waals surface area contributed by atoms with Crippen molar-refractivity contribution in [2.45, 2.75) is 0 Å². The van der Waals surface area contributed by atoms with Crippen molar-refractivity contribution in [3.05, 3.63) is 61.0 Å². The van der Waals surface area contributed by atoms with Gasteiger partial charge in [0.2, 0.25) is 0 Å². The van der Waals surface area contributed by atoms with E-state index in [4.69, 9.17) is 5.73 Å². The van der Waals surface area contributed by atoms with E-state index in [2.05, 4.69) is 13.2 Å². The van der Waals surface area contributed by atoms with Gasteiger partial charge in [0.15, 0.2) is 0 Å². The summed E-state index contributed by atoms with van der Waals surface area (Å²) in [6.07, 6.45) is 10.8. The lowest BCUT2D eigenvalue weighted by atomic mass is 10.1. The first-order valence-corrected chi connectivity index (χ1v) is 4.36. The summed E-state index contributed by atoms with van der Waals surface area (Å²) in [6, 6.07) is 0. The molecule has 2 N–H and O–H groups in total. The molecule has 0 aliphatic heterocycles. The number of hydrogen-bond donors (Lipinski definition) is 1. The van der Waals surface area contributed by atoms with Gasteiger partial charge < -0.3 is 10.6 Å². The quantitative estimate of drug-likeness (QED) is 0.673. The Morgan fingerprint density at radius 1 is 1.29 bits per heavy atom. The third-order valence-electron chi connectivity index (χ3n) is 1.54. The van der Waals surface area contributed by atoms with Crippen LogP contribution in [0.1, 0.15) is 0 Å². The second-order valence-corrected chi connectivity index (χ2v) is 3.02. The maximum atomic E-state index is 5.46. The monoisotopic (exact) mass is 190 g/mol. The minimum atomic E-state index is 0.874. The number of hydrogen-bond acceptors (Lipinski definition) is 2. The number of allylic oxidation sites excluding steroid dienone is 6. The molecule has 0 aromatic rings. The molecule has 2 heteroatoms. The first-order valence-electron chi connectivity index (χ1n) is 4.36. The van der Waals surface area contributed by atoms with Crippen LogP contribution in [0.3, 0.4) is 0 Å². The van der Waals surface area contributed by atoms with Gasteiger partial charge in [-0.25, -0.2) is 0 Å². The Hall–Kier alpha value is -1.70. The Labute approximate surface area is 86.4 Å². The second kappa shape index (κ2) is 6.78. The SMILES string of the molecule is C=C/C=C\C(=C/N)C(=C)/C=C/N(C)C. The van der Waals surface area contributed by atoms with Crippen molar-refractivity contribution < 1.29 is 0 Å². The standard InChI is InChI=1S/C12H18N2/c1-5-6-7-12(10-13)11(2)8-9-14(3)4/h5-10H,1-2,13H2,3-4H3/b7-6-,9-8+,12-10+. The van der Waals surface area contributed by atoms with Crippen molar-refractivity contribution >= 4 is 0 Å². The van der Waals surface area contributed by atoms with Crippen LogP contribution in [-0.4, -0.2) is 19.0 Å². The highest BCUT2D eigenvalue weighted by atomic mass is 15.0. The molecule has 76 valence electrons. The van der Waals surface area contributed by atoms with Crippen LogP contribution in [0.5, 0.6) is 0 Å². The molecule has 0 aromatic heterocycles. The van der Waals surface area contributed by atoms with E-state index in [0.29, 0.717) is 0 Å². The van der Waals surface area contributed by atoms with Crippen LogP contribution >= 0.6 is 0 Å². The van der Waals surface area contributed by atoms with Crippen molar-refractivity contribution in [3.8, 4) is 0 Å². The molecule has 0 fully saturated rings. The molecule has 0 spiro atoms. The van der Waals surface area contributed by atoms with Crippen LogP contribution in [-0.2, 0) is 0 Å². The zero-order valence-electron chi connectivity index (χ0n) is 8.90. The van der Waals surface area contributed by atoms with E-state index < -0.39 is 0 Å². The largest absolute Gasteiger partial charge is 0.404 e. The van der Waals surface area contributed by atoms with E-state index in [0.717, 1.165) is 11.1 Å². The van der Waals surface area contributed by atoms with Crippen molar-refractivity contribution in [3.63, 3.8) is 0 Å². The molecule has 0 saturated heterocycles. The van der Waals surface area contributed by atoms with Gasteiger partial charge in [-0.2, -0.15) is 0 Å². The Balaban J connectivity index is 4.49. The van der Waals surface area contributed by atoms with Crippen LogP contribution in [0, 0.1) is 0 Å². The average Bonchev–Trinajstić information content (AvgIpc) is 2.16. The summed E-state index contributed by atoms with van der Waals surface area (Å²) in [6.45, 7) is 7.49. The van der Waals surface area contributed by atoms with Gasteiger partial charge in [-0.15, -0.1) is 0 Å². The Kier molecular flexibility index (Phi) is 5.95. The highest BCUT2D eigenvalue weighted by Gasteiger charge is 1.93. The smallest absolute Gasteiger partial charge is 0.00556 e. The molecule has 0 aliphatic carbocycles. The molecule has 0 rings (SSSR count). The predicted octanol–water partition coefficient (Wildman–Crippen LogP) is 2.20. The van der Waals surface area contributed by atoms with E-state index in [1.807, 2.05) is 43.4 Å². The Morgan fingerprint density at radius 2 is 1.93 bits per heavy atom. The van der Waals surface area contributed by atoms with Crippen molar-refractivity contribution in [2.75, 3.05) is 14.1 Å². The summed E-state index contributed by atoms with van der Waals surface area (Å²) < 4.78 is 0. The summed E-state index contributed by atoms with van der Waals surface area (Å²) in [5.41, 5.74) is 7.23. The summed E-state index contributed by atoms with van der Waals surface area (Å²) in [7, 11) is 3.91. The van der Waals surface area contributed by atoms with Crippen LogP contribution in [0.15, 0.2) is 61.0 Å². The molecule has 0 atom stereocenters. The average molecular weight is 190 g/mol. The zero-order valence-corrected chi connectivity index (χ0v) is 8.90. The van der Waals surface area contributed by atoms with E-state index in [-0.39, 0.29) is 0 Å². The number of nitrogens with zero attached hydrogens (tertiary/aromatic N) is 1. The molecule has 14 heavy (non-hydrogen) atoms. The van der Waals surface area contributed by atoms with E-state index >= 15 is 0 Å². The van der Waals surface area contributed by atoms with Crippen molar-refractivity contribution in [1.29, 1.82) is 0 Å². The van der Waals surface area contributed by atoms with Gasteiger partial charge in [-0.05, 0) is 23.4 Å². The van der Waals surface area contributed by atoms with Gasteiger partial charge in [0, 0.05) is 20.3 Å². The van der Waals surface area contributed by atoms with E-state index in [1.54, 1.807) is 6.08 Å². The fourth-order valence-corrected chi connectivity index (χ4v) is 0.777. The lowest BCUT2D eigenvalue weighted by Gasteiger charge is -2.05. The molecule has 0 amide bonds. The first-order chi connectivity index (χ1) is 6.61. The topological polar surface area (TPSA) is 29.3 Å². The first kappa shape index (κ1) is 12.3. The van der Waals surface area contributed by atoms with Gasteiger partial charge in [0.25, 0.3) is 0 Å². The molecule has 0 heterocycles. The van der Waals surface area contributed by atoms with Crippen LogP contribution in [0.2, 0.25) is 0 Å². The van der Waals surface area contributed by atoms with Gasteiger partial charge in [-0.1, -0.05) is 31.4 Å². The molecule has 0 radical (unpaired) electrons. The maximum absolute atomic E-state index is 5.46. The third kappa shape index (κ3) is 5.04. The van der Waals surface area contributed by atoms with E-state index in [1.165, 1.54) is 6.20 Å². The predicted molar refractivity (Wildman–Crippen MR) is 63.6 cm³/mol. The lowest BCUT2D eigenvalue weighted by molar-refractivity contribution is 0.563. The summed E-state index contributed by atoms with van der Waals surface area (Å²) in [4.78, 5) is 1.94. The van der Waals surface area contributed by atoms with Gasteiger partial charge >= 0.3 is 0 Å². The lowest BCUT2D eigenvalue weighted by Crippen LogP contribution is -2.00. The zero-order chi connectivity index (χ0) is 11.0. The second-order valence-electron chi connectivity index (χ2n) is 3.02. The highest BCUT2D eigenvalue weighted by molar-refractivity contribution is 5.44. The number of rotatable bonds is 5.